The first kappa shape index (κ1) is 14.6. The summed E-state index contributed by atoms with van der Waals surface area (Å²) in [4.78, 5) is -0.00713. The third kappa shape index (κ3) is 3.74. The van der Waals surface area contributed by atoms with E-state index in [0.29, 0.717) is 0 Å². The first-order chi connectivity index (χ1) is 7.68. The van der Waals surface area contributed by atoms with Gasteiger partial charge in [-0.15, -0.1) is 0 Å². The molecule has 0 fully saturated rings. The molecule has 0 atom stereocenters. The van der Waals surface area contributed by atoms with E-state index in [1.54, 1.807) is 13.8 Å². The van der Waals surface area contributed by atoms with Crippen LogP contribution in [0.2, 0.25) is 0 Å². The van der Waals surface area contributed by atoms with Gasteiger partial charge in [-0.25, -0.2) is 17.5 Å². The number of nitrogens with two attached hydrogens (primary N) is 1. The molecule has 1 aromatic carbocycles. The van der Waals surface area contributed by atoms with Crippen molar-refractivity contribution in [3.05, 3.63) is 28.5 Å². The molecule has 0 amide bonds. The van der Waals surface area contributed by atoms with E-state index < -0.39 is 21.4 Å². The van der Waals surface area contributed by atoms with Gasteiger partial charge in [-0.3, -0.25) is 0 Å². The van der Waals surface area contributed by atoms with E-state index in [0.717, 1.165) is 6.07 Å². The predicted molar refractivity (Wildman–Crippen MR) is 67.6 cm³/mol. The van der Waals surface area contributed by atoms with Crippen molar-refractivity contribution < 1.29 is 12.8 Å². The van der Waals surface area contributed by atoms with Gasteiger partial charge < -0.3 is 5.73 Å². The molecule has 17 heavy (non-hydrogen) atoms. The van der Waals surface area contributed by atoms with Crippen LogP contribution in [0, 0.1) is 5.82 Å². The Morgan fingerprint density at radius 1 is 1.47 bits per heavy atom. The van der Waals surface area contributed by atoms with Crippen molar-refractivity contribution >= 4 is 26.0 Å². The molecule has 0 bridgehead atoms. The molecule has 96 valence electrons. The molecule has 1 rings (SSSR count). The van der Waals surface area contributed by atoms with Gasteiger partial charge in [0.25, 0.3) is 0 Å². The van der Waals surface area contributed by atoms with E-state index in [4.69, 9.17) is 5.73 Å². The lowest BCUT2D eigenvalue weighted by Crippen LogP contribution is -2.48. The molecule has 0 unspecified atom stereocenters. The summed E-state index contributed by atoms with van der Waals surface area (Å²) in [6, 6.07) is 3.51. The number of hydrogen-bond acceptors (Lipinski definition) is 3. The first-order valence-electron chi connectivity index (χ1n) is 4.87. The zero-order chi connectivity index (χ0) is 13.3. The maximum absolute atomic E-state index is 13.0. The van der Waals surface area contributed by atoms with Gasteiger partial charge in [0.05, 0.1) is 9.37 Å². The van der Waals surface area contributed by atoms with E-state index in [9.17, 15) is 12.8 Å². The topological polar surface area (TPSA) is 72.2 Å². The van der Waals surface area contributed by atoms with Crippen LogP contribution >= 0.6 is 15.9 Å². The number of hydrogen-bond donors (Lipinski definition) is 2. The van der Waals surface area contributed by atoms with Crippen molar-refractivity contribution in [3.63, 3.8) is 0 Å². The monoisotopic (exact) mass is 324 g/mol. The maximum atomic E-state index is 13.0. The highest BCUT2D eigenvalue weighted by Crippen LogP contribution is 2.20. The molecule has 0 aliphatic heterocycles. The highest BCUT2D eigenvalue weighted by atomic mass is 79.9. The van der Waals surface area contributed by atoms with E-state index in [2.05, 4.69) is 20.7 Å². The zero-order valence-corrected chi connectivity index (χ0v) is 11.9. The minimum absolute atomic E-state index is 0.00713. The second-order valence-electron chi connectivity index (χ2n) is 4.27. The maximum Gasteiger partial charge on any atom is 0.241 e. The van der Waals surface area contributed by atoms with Crippen LogP contribution < -0.4 is 10.5 Å². The highest BCUT2D eigenvalue weighted by molar-refractivity contribution is 9.10. The summed E-state index contributed by atoms with van der Waals surface area (Å²) in [6.45, 7) is 3.50. The Balaban J connectivity index is 3.10. The van der Waals surface area contributed by atoms with Gasteiger partial charge >= 0.3 is 0 Å². The van der Waals surface area contributed by atoms with Crippen molar-refractivity contribution in [2.45, 2.75) is 24.3 Å². The van der Waals surface area contributed by atoms with Crippen LogP contribution in [-0.4, -0.2) is 20.5 Å². The molecule has 0 aliphatic carbocycles. The van der Waals surface area contributed by atoms with Gasteiger partial charge in [0.15, 0.2) is 0 Å². The SMILES string of the molecule is CC(C)(CN)NS(=O)(=O)c1ccc(F)c(Br)c1. The molecule has 0 aromatic heterocycles. The molecule has 0 radical (unpaired) electrons. The Morgan fingerprint density at radius 3 is 2.53 bits per heavy atom. The van der Waals surface area contributed by atoms with E-state index >= 15 is 0 Å². The molecule has 0 saturated carbocycles. The normalized spacial score (nSPS) is 12.8. The van der Waals surface area contributed by atoms with Crippen molar-refractivity contribution in [3.8, 4) is 0 Å². The van der Waals surface area contributed by atoms with Crippen molar-refractivity contribution in [1.82, 2.24) is 4.72 Å². The van der Waals surface area contributed by atoms with Crippen LogP contribution in [0.25, 0.3) is 0 Å². The molecular formula is C10H14BrFN2O2S. The second-order valence-corrected chi connectivity index (χ2v) is 6.81. The average Bonchev–Trinajstić information content (AvgIpc) is 2.20. The number of rotatable bonds is 4. The average molecular weight is 325 g/mol. The zero-order valence-electron chi connectivity index (χ0n) is 9.50. The standard InChI is InChI=1S/C10H14BrFN2O2S/c1-10(2,6-13)14-17(15,16)7-3-4-9(12)8(11)5-7/h3-5,14H,6,13H2,1-2H3. The largest absolute Gasteiger partial charge is 0.329 e. The van der Waals surface area contributed by atoms with Crippen LogP contribution in [0.15, 0.2) is 27.6 Å². The quantitative estimate of drug-likeness (QED) is 0.883. The van der Waals surface area contributed by atoms with Crippen LogP contribution in [0.5, 0.6) is 0 Å². The lowest BCUT2D eigenvalue weighted by atomic mass is 10.1. The van der Waals surface area contributed by atoms with E-state index in [-0.39, 0.29) is 15.9 Å². The van der Waals surface area contributed by atoms with Crippen molar-refractivity contribution in [2.24, 2.45) is 5.73 Å². The molecule has 0 heterocycles. The van der Waals surface area contributed by atoms with Crippen LogP contribution in [0.1, 0.15) is 13.8 Å². The summed E-state index contributed by atoms with van der Waals surface area (Å²) in [5.74, 6) is -0.512. The van der Waals surface area contributed by atoms with Crippen LogP contribution in [-0.2, 0) is 10.0 Å². The first-order valence-corrected chi connectivity index (χ1v) is 7.15. The van der Waals surface area contributed by atoms with E-state index in [1.807, 2.05) is 0 Å². The Labute approximate surface area is 109 Å². The highest BCUT2D eigenvalue weighted by Gasteiger charge is 2.25. The number of halogens is 2. The molecule has 0 aliphatic rings. The van der Waals surface area contributed by atoms with Crippen LogP contribution in [0.4, 0.5) is 4.39 Å². The summed E-state index contributed by atoms with van der Waals surface area (Å²) < 4.78 is 39.5. The third-order valence-corrected chi connectivity index (χ3v) is 4.43. The summed E-state index contributed by atoms with van der Waals surface area (Å²) in [7, 11) is -3.70. The fourth-order valence-corrected chi connectivity index (χ4v) is 3.09. The Hall–Kier alpha value is -0.500. The fraction of sp³-hybridized carbons (Fsp3) is 0.400. The summed E-state index contributed by atoms with van der Waals surface area (Å²) >= 11 is 2.94. The van der Waals surface area contributed by atoms with Gasteiger partial charge in [-0.1, -0.05) is 0 Å². The summed E-state index contributed by atoms with van der Waals surface area (Å²) in [6.07, 6.45) is 0. The van der Waals surface area contributed by atoms with Crippen LogP contribution in [0.3, 0.4) is 0 Å². The molecular weight excluding hydrogens is 311 g/mol. The lowest BCUT2D eigenvalue weighted by molar-refractivity contribution is 0.462. The Morgan fingerprint density at radius 2 is 2.06 bits per heavy atom. The molecule has 3 N–H and O–H groups in total. The number of sulfonamides is 1. The fourth-order valence-electron chi connectivity index (χ4n) is 1.11. The Kier molecular flexibility index (Phi) is 4.29. The van der Waals surface area contributed by atoms with Gasteiger partial charge in [-0.05, 0) is 48.0 Å². The van der Waals surface area contributed by atoms with Crippen molar-refractivity contribution in [2.75, 3.05) is 6.54 Å². The molecule has 1 aromatic rings. The van der Waals surface area contributed by atoms with Gasteiger partial charge in [0, 0.05) is 12.1 Å². The molecule has 4 nitrogen and oxygen atoms in total. The number of nitrogens with one attached hydrogen (secondary N) is 1. The van der Waals surface area contributed by atoms with Gasteiger partial charge in [0.2, 0.25) is 10.0 Å². The summed E-state index contributed by atoms with van der Waals surface area (Å²) in [5.41, 5.74) is 4.70. The van der Waals surface area contributed by atoms with Crippen molar-refractivity contribution in [1.29, 1.82) is 0 Å². The third-order valence-electron chi connectivity index (χ3n) is 2.12. The summed E-state index contributed by atoms with van der Waals surface area (Å²) in [5, 5.41) is 0. The number of benzene rings is 1. The minimum atomic E-state index is -3.70. The molecule has 0 saturated heterocycles. The predicted octanol–water partition coefficient (Wildman–Crippen LogP) is 1.60. The van der Waals surface area contributed by atoms with E-state index in [1.165, 1.54) is 12.1 Å². The molecule has 0 spiro atoms. The van der Waals surface area contributed by atoms with Gasteiger partial charge in [-0.2, -0.15) is 0 Å². The lowest BCUT2D eigenvalue weighted by Gasteiger charge is -2.23. The minimum Gasteiger partial charge on any atom is -0.329 e. The molecule has 7 heteroatoms. The second kappa shape index (κ2) is 5.01. The smallest absolute Gasteiger partial charge is 0.241 e. The van der Waals surface area contributed by atoms with Gasteiger partial charge in [0.1, 0.15) is 5.82 Å². The Bertz CT molecular complexity index is 517.